The number of halogens is 2. The van der Waals surface area contributed by atoms with E-state index in [2.05, 4.69) is 15.3 Å². The fourth-order valence-electron chi connectivity index (χ4n) is 3.26. The van der Waals surface area contributed by atoms with Crippen LogP contribution in [0.1, 0.15) is 23.1 Å². The molecule has 1 saturated heterocycles. The van der Waals surface area contributed by atoms with Crippen LogP contribution < -0.4 is 4.90 Å². The summed E-state index contributed by atoms with van der Waals surface area (Å²) in [6.07, 6.45) is 3.19. The topological polar surface area (TPSA) is 73.1 Å². The average Bonchev–Trinajstić information content (AvgIpc) is 3.05. The summed E-state index contributed by atoms with van der Waals surface area (Å²) in [4.78, 5) is 17.9. The zero-order valence-corrected chi connectivity index (χ0v) is 13.6. The summed E-state index contributed by atoms with van der Waals surface area (Å²) in [6, 6.07) is 3.69. The molecule has 2 aromatic rings. The first-order valence-corrected chi connectivity index (χ1v) is 8.14. The Balaban J connectivity index is 1.38. The van der Waals surface area contributed by atoms with Crippen LogP contribution in [0.3, 0.4) is 0 Å². The van der Waals surface area contributed by atoms with Crippen LogP contribution in [-0.2, 0) is 11.3 Å². The fraction of sp³-hybridized carbons (Fsp3) is 0.500. The van der Waals surface area contributed by atoms with Crippen molar-refractivity contribution in [3.63, 3.8) is 0 Å². The first kappa shape index (κ1) is 15.9. The molecule has 2 aromatic heterocycles. The van der Waals surface area contributed by atoms with Gasteiger partial charge in [0.15, 0.2) is 5.69 Å². The Morgan fingerprint density at radius 2 is 2.12 bits per heavy atom. The molecule has 0 radical (unpaired) electrons. The van der Waals surface area contributed by atoms with Gasteiger partial charge >= 0.3 is 5.97 Å². The highest BCUT2D eigenvalue weighted by Crippen LogP contribution is 2.59. The molecule has 132 valence electrons. The zero-order valence-electron chi connectivity index (χ0n) is 13.6. The molecule has 0 N–H and O–H groups in total. The van der Waals surface area contributed by atoms with Crippen LogP contribution in [0, 0.1) is 11.8 Å². The third-order valence-electron chi connectivity index (χ3n) is 4.72. The van der Waals surface area contributed by atoms with Crippen molar-refractivity contribution in [2.75, 3.05) is 24.6 Å². The van der Waals surface area contributed by atoms with Gasteiger partial charge in [-0.1, -0.05) is 5.21 Å². The summed E-state index contributed by atoms with van der Waals surface area (Å²) in [5.41, 5.74) is 1.73. The van der Waals surface area contributed by atoms with E-state index in [9.17, 15) is 13.6 Å². The number of hydrogen-bond acceptors (Lipinski definition) is 6. The van der Waals surface area contributed by atoms with Crippen LogP contribution in [0.4, 0.5) is 14.5 Å². The van der Waals surface area contributed by atoms with Gasteiger partial charge in [0, 0.05) is 13.1 Å². The Labute approximate surface area is 142 Å². The van der Waals surface area contributed by atoms with E-state index in [-0.39, 0.29) is 12.3 Å². The van der Waals surface area contributed by atoms with E-state index in [1.807, 2.05) is 17.0 Å². The van der Waals surface area contributed by atoms with Crippen molar-refractivity contribution < 1.29 is 18.3 Å². The van der Waals surface area contributed by atoms with Gasteiger partial charge in [0.2, 0.25) is 0 Å². The van der Waals surface area contributed by atoms with Crippen molar-refractivity contribution in [1.82, 2.24) is 20.0 Å². The van der Waals surface area contributed by atoms with Gasteiger partial charge < -0.3 is 9.64 Å². The summed E-state index contributed by atoms with van der Waals surface area (Å²) < 4.78 is 32.9. The number of alkyl halides is 2. The number of aromatic nitrogens is 4. The largest absolute Gasteiger partial charge is 0.461 e. The molecule has 0 bridgehead atoms. The monoisotopic (exact) mass is 349 g/mol. The van der Waals surface area contributed by atoms with E-state index in [0.29, 0.717) is 19.6 Å². The van der Waals surface area contributed by atoms with Crippen molar-refractivity contribution in [3.05, 3.63) is 35.9 Å². The van der Waals surface area contributed by atoms with Crippen molar-refractivity contribution in [2.24, 2.45) is 11.8 Å². The summed E-state index contributed by atoms with van der Waals surface area (Å²) >= 11 is 0. The van der Waals surface area contributed by atoms with E-state index >= 15 is 0 Å². The number of rotatable bonds is 5. The van der Waals surface area contributed by atoms with Gasteiger partial charge in [-0.2, -0.15) is 0 Å². The number of esters is 1. The van der Waals surface area contributed by atoms with Crippen molar-refractivity contribution in [1.29, 1.82) is 0 Å². The normalized spacial score (nSPS) is 23.4. The second-order valence-corrected chi connectivity index (χ2v) is 6.32. The van der Waals surface area contributed by atoms with Crippen LogP contribution in [0.25, 0.3) is 0 Å². The minimum Gasteiger partial charge on any atom is -0.461 e. The fourth-order valence-corrected chi connectivity index (χ4v) is 3.26. The summed E-state index contributed by atoms with van der Waals surface area (Å²) in [5.74, 6) is -4.01. The zero-order chi connectivity index (χ0) is 17.6. The highest BCUT2D eigenvalue weighted by molar-refractivity contribution is 5.86. The second kappa shape index (κ2) is 5.75. The Morgan fingerprint density at radius 1 is 1.36 bits per heavy atom. The molecule has 0 aromatic carbocycles. The maximum absolute atomic E-state index is 13.3. The van der Waals surface area contributed by atoms with Gasteiger partial charge in [0.05, 0.1) is 48.8 Å². The minimum atomic E-state index is -2.48. The molecule has 3 heterocycles. The Kier molecular flexibility index (Phi) is 3.66. The van der Waals surface area contributed by atoms with Crippen LogP contribution in [-0.4, -0.2) is 51.6 Å². The maximum atomic E-state index is 13.3. The minimum absolute atomic E-state index is 0.149. The lowest BCUT2D eigenvalue weighted by atomic mass is 10.3. The molecule has 1 saturated carbocycles. The Bertz CT molecular complexity index is 778. The van der Waals surface area contributed by atoms with Crippen LogP contribution in [0.2, 0.25) is 0 Å². The van der Waals surface area contributed by atoms with E-state index < -0.39 is 23.7 Å². The van der Waals surface area contributed by atoms with Gasteiger partial charge in [-0.05, 0) is 19.1 Å². The first-order valence-electron chi connectivity index (χ1n) is 8.14. The second-order valence-electron chi connectivity index (χ2n) is 6.32. The SMILES string of the molecule is CCOC(=O)c1cn(Cc2ccc(N3CC4C(C3)C4(F)F)cn2)nn1. The van der Waals surface area contributed by atoms with Gasteiger partial charge in [-0.15, -0.1) is 5.10 Å². The smallest absolute Gasteiger partial charge is 0.360 e. The van der Waals surface area contributed by atoms with Gasteiger partial charge in [0.1, 0.15) is 0 Å². The lowest BCUT2D eigenvalue weighted by Crippen LogP contribution is -2.27. The van der Waals surface area contributed by atoms with Crippen LogP contribution in [0.5, 0.6) is 0 Å². The number of carbonyl (C=O) groups excluding carboxylic acids is 1. The molecule has 9 heteroatoms. The van der Waals surface area contributed by atoms with Crippen molar-refractivity contribution in [2.45, 2.75) is 19.4 Å². The lowest BCUT2D eigenvalue weighted by molar-refractivity contribution is 0.0519. The number of hydrogen-bond donors (Lipinski definition) is 0. The van der Waals surface area contributed by atoms with E-state index in [1.165, 1.54) is 10.9 Å². The lowest BCUT2D eigenvalue weighted by Gasteiger charge is -2.21. The van der Waals surface area contributed by atoms with Gasteiger partial charge in [-0.25, -0.2) is 18.3 Å². The number of fused-ring (bicyclic) bond motifs is 1. The molecular weight excluding hydrogens is 332 g/mol. The molecule has 1 aliphatic carbocycles. The van der Waals surface area contributed by atoms with Crippen molar-refractivity contribution in [3.8, 4) is 0 Å². The average molecular weight is 349 g/mol. The quantitative estimate of drug-likeness (QED) is 0.764. The van der Waals surface area contributed by atoms with Crippen LogP contribution in [0.15, 0.2) is 24.5 Å². The molecule has 4 rings (SSSR count). The molecule has 2 fully saturated rings. The van der Waals surface area contributed by atoms with Crippen molar-refractivity contribution >= 4 is 11.7 Å². The highest BCUT2D eigenvalue weighted by atomic mass is 19.3. The Morgan fingerprint density at radius 3 is 2.76 bits per heavy atom. The first-order chi connectivity index (χ1) is 12.0. The van der Waals surface area contributed by atoms with E-state index in [1.54, 1.807) is 13.1 Å². The molecule has 2 atom stereocenters. The number of pyridine rings is 1. The molecular formula is C16H17F2N5O2. The molecule has 25 heavy (non-hydrogen) atoms. The van der Waals surface area contributed by atoms with E-state index in [4.69, 9.17) is 4.74 Å². The maximum Gasteiger partial charge on any atom is 0.360 e. The van der Waals surface area contributed by atoms with Gasteiger partial charge in [-0.3, -0.25) is 4.98 Å². The standard InChI is InChI=1S/C16H17F2N5O2/c1-2-25-15(24)14-9-23(21-20-14)6-10-3-4-11(5-19-10)22-7-12-13(8-22)16(12,17)18/h3-5,9,12-13H,2,6-8H2,1H3. The van der Waals surface area contributed by atoms with E-state index in [0.717, 1.165) is 11.4 Å². The molecule has 2 aliphatic rings. The predicted octanol–water partition coefficient (Wildman–Crippen LogP) is 1.60. The number of anilines is 1. The van der Waals surface area contributed by atoms with Gasteiger partial charge in [0.25, 0.3) is 5.92 Å². The number of ether oxygens (including phenoxy) is 1. The molecule has 7 nitrogen and oxygen atoms in total. The summed E-state index contributed by atoms with van der Waals surface area (Å²) in [6.45, 7) is 3.11. The van der Waals surface area contributed by atoms with Crippen LogP contribution >= 0.6 is 0 Å². The number of nitrogens with zero attached hydrogens (tertiary/aromatic N) is 5. The third-order valence-corrected chi connectivity index (χ3v) is 4.72. The third kappa shape index (κ3) is 2.83. The highest BCUT2D eigenvalue weighted by Gasteiger charge is 2.71. The molecule has 0 spiro atoms. The predicted molar refractivity (Wildman–Crippen MR) is 83.5 cm³/mol. The molecule has 1 aliphatic heterocycles. The Hall–Kier alpha value is -2.58. The number of piperidine rings is 1. The number of carbonyl (C=O) groups is 1. The summed E-state index contributed by atoms with van der Waals surface area (Å²) in [7, 11) is 0. The molecule has 2 unspecified atom stereocenters. The molecule has 0 amide bonds. The summed E-state index contributed by atoms with van der Waals surface area (Å²) in [5, 5.41) is 7.65.